The average Bonchev–Trinajstić information content (AvgIpc) is 3.04. The van der Waals surface area contributed by atoms with Gasteiger partial charge in [-0.2, -0.15) is 0 Å². The van der Waals surface area contributed by atoms with Gasteiger partial charge in [0.2, 0.25) is 20.0 Å². The normalized spacial score (nSPS) is 12.1. The molecule has 0 atom stereocenters. The van der Waals surface area contributed by atoms with Crippen LogP contribution in [0.1, 0.15) is 5.56 Å². The predicted molar refractivity (Wildman–Crippen MR) is 128 cm³/mol. The Balaban J connectivity index is 1.79. The quantitative estimate of drug-likeness (QED) is 0.430. The Bertz CT molecular complexity index is 1510. The van der Waals surface area contributed by atoms with E-state index >= 15 is 0 Å². The zero-order chi connectivity index (χ0) is 22.9. The first-order chi connectivity index (χ1) is 15.1. The lowest BCUT2D eigenvalue weighted by Gasteiger charge is -2.12. The van der Waals surface area contributed by atoms with E-state index in [2.05, 4.69) is 9.44 Å². The van der Waals surface area contributed by atoms with Gasteiger partial charge in [-0.1, -0.05) is 36.4 Å². The molecular weight excluding hydrogens is 448 g/mol. The van der Waals surface area contributed by atoms with Gasteiger partial charge in [0.25, 0.3) is 0 Å². The number of nitrogens with zero attached hydrogens (tertiary/aromatic N) is 2. The van der Waals surface area contributed by atoms with E-state index in [1.807, 2.05) is 41.0 Å². The number of hydrogen-bond donors (Lipinski definition) is 2. The fraction of sp³-hybridized carbons (Fsp3) is 0.136. The molecular formula is C22H22N4O4S2. The summed E-state index contributed by atoms with van der Waals surface area (Å²) in [7, 11) is -6.80. The van der Waals surface area contributed by atoms with E-state index in [1.165, 1.54) is 0 Å². The van der Waals surface area contributed by atoms with Crippen molar-refractivity contribution in [3.05, 3.63) is 78.4 Å². The Kier molecular flexibility index (Phi) is 5.66. The SMILES string of the molecule is CS(=O)(=O)Nc1cccc(Cn2c(-c3cccc(NS(C)(=O)=O)c3)nc3ccccc32)c1. The number of nitrogens with one attached hydrogen (secondary N) is 2. The Morgan fingerprint density at radius 1 is 0.781 bits per heavy atom. The van der Waals surface area contributed by atoms with Gasteiger partial charge in [0.1, 0.15) is 5.82 Å². The molecule has 3 aromatic carbocycles. The highest BCUT2D eigenvalue weighted by atomic mass is 32.2. The van der Waals surface area contributed by atoms with Gasteiger partial charge in [-0.3, -0.25) is 9.44 Å². The standard InChI is InChI=1S/C22H22N4O4S2/c1-31(27,28)24-18-9-5-7-16(13-18)15-26-21-12-4-3-11-20(21)23-22(26)17-8-6-10-19(14-17)25-32(2,29)30/h3-14,24-25H,15H2,1-2H3. The molecule has 1 heterocycles. The highest BCUT2D eigenvalue weighted by Crippen LogP contribution is 2.28. The first kappa shape index (κ1) is 21.8. The van der Waals surface area contributed by atoms with Crippen LogP contribution in [0.5, 0.6) is 0 Å². The van der Waals surface area contributed by atoms with E-state index in [0.717, 1.165) is 34.7 Å². The molecule has 32 heavy (non-hydrogen) atoms. The van der Waals surface area contributed by atoms with Crippen molar-refractivity contribution < 1.29 is 16.8 Å². The van der Waals surface area contributed by atoms with Crippen molar-refractivity contribution in [3.8, 4) is 11.4 Å². The second kappa shape index (κ2) is 8.29. The molecule has 8 nitrogen and oxygen atoms in total. The fourth-order valence-electron chi connectivity index (χ4n) is 3.52. The van der Waals surface area contributed by atoms with E-state index in [4.69, 9.17) is 4.98 Å². The molecule has 0 aliphatic rings. The predicted octanol–water partition coefficient (Wildman–Crippen LogP) is 3.49. The number of sulfonamides is 2. The van der Waals surface area contributed by atoms with Crippen LogP contribution in [0, 0.1) is 0 Å². The zero-order valence-electron chi connectivity index (χ0n) is 17.5. The fourth-order valence-corrected chi connectivity index (χ4v) is 4.63. The maximum atomic E-state index is 11.6. The van der Waals surface area contributed by atoms with Gasteiger partial charge in [0, 0.05) is 23.5 Å². The first-order valence-electron chi connectivity index (χ1n) is 9.68. The van der Waals surface area contributed by atoms with E-state index in [9.17, 15) is 16.8 Å². The maximum Gasteiger partial charge on any atom is 0.229 e. The minimum atomic E-state index is -3.41. The summed E-state index contributed by atoms with van der Waals surface area (Å²) in [5, 5.41) is 0. The van der Waals surface area contributed by atoms with Crippen molar-refractivity contribution in [2.75, 3.05) is 22.0 Å². The summed E-state index contributed by atoms with van der Waals surface area (Å²) in [5.74, 6) is 0.671. The van der Waals surface area contributed by atoms with Crippen molar-refractivity contribution >= 4 is 42.5 Å². The number of para-hydroxylation sites is 2. The molecule has 4 rings (SSSR count). The Morgan fingerprint density at radius 3 is 2.09 bits per heavy atom. The Hall–Kier alpha value is -3.37. The van der Waals surface area contributed by atoms with Crippen LogP contribution in [0.3, 0.4) is 0 Å². The number of imidazole rings is 1. The summed E-state index contributed by atoms with van der Waals surface area (Å²) in [6, 6.07) is 21.9. The van der Waals surface area contributed by atoms with Crippen molar-refractivity contribution in [1.82, 2.24) is 9.55 Å². The van der Waals surface area contributed by atoms with Crippen molar-refractivity contribution in [3.63, 3.8) is 0 Å². The van der Waals surface area contributed by atoms with Crippen LogP contribution >= 0.6 is 0 Å². The molecule has 166 valence electrons. The minimum Gasteiger partial charge on any atom is -0.319 e. The molecule has 0 saturated heterocycles. The molecule has 0 bridgehead atoms. The number of benzene rings is 3. The molecule has 4 aromatic rings. The topological polar surface area (TPSA) is 110 Å². The molecule has 2 N–H and O–H groups in total. The van der Waals surface area contributed by atoms with Gasteiger partial charge < -0.3 is 4.57 Å². The molecule has 0 radical (unpaired) electrons. The largest absolute Gasteiger partial charge is 0.319 e. The lowest BCUT2D eigenvalue weighted by molar-refractivity contribution is 0.605. The second-order valence-electron chi connectivity index (χ2n) is 7.54. The monoisotopic (exact) mass is 470 g/mol. The smallest absolute Gasteiger partial charge is 0.229 e. The van der Waals surface area contributed by atoms with Gasteiger partial charge in [0.05, 0.1) is 23.5 Å². The number of hydrogen-bond acceptors (Lipinski definition) is 5. The molecule has 0 fully saturated rings. The summed E-state index contributed by atoms with van der Waals surface area (Å²) in [4.78, 5) is 4.77. The molecule has 0 amide bonds. The van der Waals surface area contributed by atoms with E-state index in [-0.39, 0.29) is 0 Å². The van der Waals surface area contributed by atoms with Crippen molar-refractivity contribution in [2.45, 2.75) is 6.54 Å². The van der Waals surface area contributed by atoms with Crippen LogP contribution in [0.2, 0.25) is 0 Å². The number of anilines is 2. The summed E-state index contributed by atoms with van der Waals surface area (Å²) < 4.78 is 53.5. The van der Waals surface area contributed by atoms with Crippen molar-refractivity contribution in [1.29, 1.82) is 0 Å². The molecule has 0 aliphatic heterocycles. The third kappa shape index (κ3) is 5.27. The van der Waals surface area contributed by atoms with Crippen LogP contribution in [0.15, 0.2) is 72.8 Å². The van der Waals surface area contributed by atoms with E-state index < -0.39 is 20.0 Å². The Labute approximate surface area is 187 Å². The number of fused-ring (bicyclic) bond motifs is 1. The Morgan fingerprint density at radius 2 is 1.41 bits per heavy atom. The van der Waals surface area contributed by atoms with Gasteiger partial charge in [0.15, 0.2) is 0 Å². The van der Waals surface area contributed by atoms with Crippen LogP contribution in [-0.2, 0) is 26.6 Å². The second-order valence-corrected chi connectivity index (χ2v) is 11.0. The van der Waals surface area contributed by atoms with Crippen LogP contribution in [0.25, 0.3) is 22.4 Å². The molecule has 1 aromatic heterocycles. The minimum absolute atomic E-state index is 0.443. The zero-order valence-corrected chi connectivity index (χ0v) is 19.1. The van der Waals surface area contributed by atoms with Gasteiger partial charge in [-0.05, 0) is 42.0 Å². The summed E-state index contributed by atoms with van der Waals surface area (Å²) >= 11 is 0. The lowest BCUT2D eigenvalue weighted by atomic mass is 10.1. The highest BCUT2D eigenvalue weighted by molar-refractivity contribution is 7.92. The van der Waals surface area contributed by atoms with Crippen LogP contribution < -0.4 is 9.44 Å². The molecule has 0 aliphatic carbocycles. The first-order valence-corrected chi connectivity index (χ1v) is 13.5. The maximum absolute atomic E-state index is 11.6. The van der Waals surface area contributed by atoms with Gasteiger partial charge in [-0.25, -0.2) is 21.8 Å². The summed E-state index contributed by atoms with van der Waals surface area (Å²) in [6.07, 6.45) is 2.21. The molecule has 0 unspecified atom stereocenters. The third-order valence-electron chi connectivity index (χ3n) is 4.65. The van der Waals surface area contributed by atoms with Crippen LogP contribution in [0.4, 0.5) is 11.4 Å². The molecule has 10 heteroatoms. The highest BCUT2D eigenvalue weighted by Gasteiger charge is 2.14. The number of aromatic nitrogens is 2. The van der Waals surface area contributed by atoms with E-state index in [1.54, 1.807) is 36.4 Å². The van der Waals surface area contributed by atoms with E-state index in [0.29, 0.717) is 23.7 Å². The van der Waals surface area contributed by atoms with Gasteiger partial charge >= 0.3 is 0 Å². The molecule has 0 spiro atoms. The van der Waals surface area contributed by atoms with Gasteiger partial charge in [-0.15, -0.1) is 0 Å². The average molecular weight is 471 g/mol. The number of rotatable bonds is 7. The lowest BCUT2D eigenvalue weighted by Crippen LogP contribution is -2.10. The van der Waals surface area contributed by atoms with Crippen LogP contribution in [-0.4, -0.2) is 38.9 Å². The summed E-state index contributed by atoms with van der Waals surface area (Å²) in [5.41, 5.74) is 4.27. The summed E-state index contributed by atoms with van der Waals surface area (Å²) in [6.45, 7) is 0.443. The third-order valence-corrected chi connectivity index (χ3v) is 5.86. The van der Waals surface area contributed by atoms with Crippen molar-refractivity contribution in [2.24, 2.45) is 0 Å². The molecule has 0 saturated carbocycles.